The van der Waals surface area contributed by atoms with E-state index in [-0.39, 0.29) is 5.91 Å². The number of carboxylic acid groups (broad SMARTS) is 1. The van der Waals surface area contributed by atoms with Gasteiger partial charge in [-0.1, -0.05) is 20.8 Å². The second kappa shape index (κ2) is 5.56. The van der Waals surface area contributed by atoms with E-state index in [9.17, 15) is 14.7 Å². The summed E-state index contributed by atoms with van der Waals surface area (Å²) in [4.78, 5) is 25.5. The number of carbonyl (C=O) groups excluding carboxylic acids is 1. The van der Waals surface area contributed by atoms with Gasteiger partial charge in [0.05, 0.1) is 4.88 Å². The summed E-state index contributed by atoms with van der Waals surface area (Å²) in [6.07, 6.45) is 4.41. The lowest BCUT2D eigenvalue weighted by molar-refractivity contribution is -0.142. The van der Waals surface area contributed by atoms with Crippen LogP contribution in [0.2, 0.25) is 0 Å². The minimum absolute atomic E-state index is 0.272. The van der Waals surface area contributed by atoms with E-state index < -0.39 is 17.4 Å². The molecule has 0 bridgehead atoms. The molecule has 0 saturated heterocycles. The van der Waals surface area contributed by atoms with Crippen LogP contribution in [0.15, 0.2) is 6.07 Å². The number of nitrogens with one attached hydrogen (secondary N) is 1. The molecule has 2 N–H and O–H groups in total. The fraction of sp³-hybridized carbons (Fsp3) is 0.600. The number of carboxylic acids is 1. The highest BCUT2D eigenvalue weighted by Crippen LogP contribution is 2.30. The first kappa shape index (κ1) is 15.0. The van der Waals surface area contributed by atoms with Gasteiger partial charge in [-0.05, 0) is 42.7 Å². The van der Waals surface area contributed by atoms with E-state index in [1.807, 2.05) is 26.8 Å². The Morgan fingerprint density at radius 2 is 1.95 bits per heavy atom. The minimum atomic E-state index is -0.993. The summed E-state index contributed by atoms with van der Waals surface area (Å²) in [5.74, 6) is -1.26. The summed E-state index contributed by atoms with van der Waals surface area (Å²) < 4.78 is 0. The Balaban J connectivity index is 2.15. The van der Waals surface area contributed by atoms with E-state index in [2.05, 4.69) is 5.32 Å². The Morgan fingerprint density at radius 1 is 1.30 bits per heavy atom. The van der Waals surface area contributed by atoms with Crippen LogP contribution >= 0.6 is 11.3 Å². The second-order valence-electron chi connectivity index (χ2n) is 6.38. The number of aryl methyl sites for hydroxylation is 2. The number of fused-ring (bicyclic) bond motifs is 1. The summed E-state index contributed by atoms with van der Waals surface area (Å²) in [5.41, 5.74) is 0.743. The van der Waals surface area contributed by atoms with Crippen LogP contribution in [-0.2, 0) is 17.6 Å². The molecule has 0 fully saturated rings. The lowest BCUT2D eigenvalue weighted by Crippen LogP contribution is -2.48. The zero-order valence-corrected chi connectivity index (χ0v) is 13.0. The third kappa shape index (κ3) is 3.20. The van der Waals surface area contributed by atoms with Crippen molar-refractivity contribution in [1.29, 1.82) is 0 Å². The standard InChI is InChI=1S/C15H21NO3S/c1-15(2,3)12(14(18)19)16-13(17)11-8-9-6-4-5-7-10(9)20-11/h8,12H,4-7H2,1-3H3,(H,16,17)(H,18,19)/t12-/m0/s1. The minimum Gasteiger partial charge on any atom is -0.480 e. The predicted octanol–water partition coefficient (Wildman–Crippen LogP) is 2.86. The molecule has 0 saturated carbocycles. The largest absolute Gasteiger partial charge is 0.480 e. The molecular formula is C15H21NO3S. The number of aliphatic carboxylic acids is 1. The number of hydrogen-bond acceptors (Lipinski definition) is 3. The van der Waals surface area contributed by atoms with Gasteiger partial charge in [0.2, 0.25) is 0 Å². The van der Waals surface area contributed by atoms with Gasteiger partial charge in [-0.25, -0.2) is 4.79 Å². The fourth-order valence-corrected chi connectivity index (χ4v) is 3.61. The van der Waals surface area contributed by atoms with Crippen LogP contribution in [0.25, 0.3) is 0 Å². The molecule has 20 heavy (non-hydrogen) atoms. The number of thiophene rings is 1. The summed E-state index contributed by atoms with van der Waals surface area (Å²) in [6, 6.07) is 1.05. The van der Waals surface area contributed by atoms with E-state index in [1.165, 1.54) is 34.6 Å². The van der Waals surface area contributed by atoms with Crippen molar-refractivity contribution in [3.05, 3.63) is 21.4 Å². The zero-order valence-electron chi connectivity index (χ0n) is 12.2. The van der Waals surface area contributed by atoms with Crippen molar-refractivity contribution in [1.82, 2.24) is 5.32 Å². The van der Waals surface area contributed by atoms with Gasteiger partial charge in [0.15, 0.2) is 0 Å². The molecule has 4 nitrogen and oxygen atoms in total. The molecule has 0 aromatic carbocycles. The van der Waals surface area contributed by atoms with Gasteiger partial charge in [-0.3, -0.25) is 4.79 Å². The van der Waals surface area contributed by atoms with Crippen LogP contribution in [0.1, 0.15) is 53.7 Å². The van der Waals surface area contributed by atoms with Gasteiger partial charge in [0.1, 0.15) is 6.04 Å². The van der Waals surface area contributed by atoms with Gasteiger partial charge in [-0.2, -0.15) is 0 Å². The van der Waals surface area contributed by atoms with Crippen LogP contribution in [0.3, 0.4) is 0 Å². The quantitative estimate of drug-likeness (QED) is 0.901. The Kier molecular flexibility index (Phi) is 4.18. The molecule has 1 atom stereocenters. The van der Waals surface area contributed by atoms with Crippen LogP contribution in [0.5, 0.6) is 0 Å². The van der Waals surface area contributed by atoms with Crippen molar-refractivity contribution in [2.45, 2.75) is 52.5 Å². The molecule has 5 heteroatoms. The van der Waals surface area contributed by atoms with Crippen molar-refractivity contribution in [3.8, 4) is 0 Å². The predicted molar refractivity (Wildman–Crippen MR) is 79.3 cm³/mol. The molecule has 1 heterocycles. The van der Waals surface area contributed by atoms with E-state index in [1.54, 1.807) is 0 Å². The van der Waals surface area contributed by atoms with Crippen LogP contribution in [0, 0.1) is 5.41 Å². The number of amides is 1. The molecule has 110 valence electrons. The highest BCUT2D eigenvalue weighted by Gasteiger charge is 2.33. The Morgan fingerprint density at radius 3 is 2.50 bits per heavy atom. The third-order valence-corrected chi connectivity index (χ3v) is 4.84. The Bertz CT molecular complexity index is 504. The van der Waals surface area contributed by atoms with Crippen molar-refractivity contribution in [2.75, 3.05) is 0 Å². The summed E-state index contributed by atoms with van der Waals surface area (Å²) in [6.45, 7) is 5.43. The van der Waals surface area contributed by atoms with Crippen LogP contribution in [0.4, 0.5) is 0 Å². The Hall–Kier alpha value is -1.36. The van der Waals surface area contributed by atoms with Crippen molar-refractivity contribution in [2.24, 2.45) is 5.41 Å². The maximum absolute atomic E-state index is 12.3. The summed E-state index contributed by atoms with van der Waals surface area (Å²) >= 11 is 1.50. The van der Waals surface area contributed by atoms with Gasteiger partial charge in [0.25, 0.3) is 5.91 Å². The lowest BCUT2D eigenvalue weighted by atomic mass is 9.87. The molecule has 0 aliphatic heterocycles. The molecular weight excluding hydrogens is 274 g/mol. The van der Waals surface area contributed by atoms with Crippen molar-refractivity contribution >= 4 is 23.2 Å². The van der Waals surface area contributed by atoms with Gasteiger partial charge < -0.3 is 10.4 Å². The normalized spacial score (nSPS) is 16.4. The first-order valence-corrected chi connectivity index (χ1v) is 7.76. The van der Waals surface area contributed by atoms with E-state index in [0.717, 1.165) is 12.8 Å². The topological polar surface area (TPSA) is 66.4 Å². The van der Waals surface area contributed by atoms with Gasteiger partial charge in [-0.15, -0.1) is 11.3 Å². The molecule has 0 spiro atoms. The van der Waals surface area contributed by atoms with E-state index >= 15 is 0 Å². The highest BCUT2D eigenvalue weighted by molar-refractivity contribution is 7.14. The molecule has 1 aliphatic carbocycles. The molecule has 0 unspecified atom stereocenters. The average Bonchev–Trinajstić information content (AvgIpc) is 2.77. The maximum Gasteiger partial charge on any atom is 0.326 e. The number of hydrogen-bond donors (Lipinski definition) is 2. The SMILES string of the molecule is CC(C)(C)[C@@H](NC(=O)c1cc2c(s1)CCCC2)C(=O)O. The fourth-order valence-electron chi connectivity index (χ4n) is 2.45. The van der Waals surface area contributed by atoms with E-state index in [0.29, 0.717) is 4.88 Å². The van der Waals surface area contributed by atoms with Crippen molar-refractivity contribution < 1.29 is 14.7 Å². The average molecular weight is 295 g/mol. The monoisotopic (exact) mass is 295 g/mol. The smallest absolute Gasteiger partial charge is 0.326 e. The lowest BCUT2D eigenvalue weighted by Gasteiger charge is -2.27. The third-order valence-electron chi connectivity index (χ3n) is 3.61. The highest BCUT2D eigenvalue weighted by atomic mass is 32.1. The van der Waals surface area contributed by atoms with Crippen molar-refractivity contribution in [3.63, 3.8) is 0 Å². The number of carbonyl (C=O) groups is 2. The van der Waals surface area contributed by atoms with Gasteiger partial charge >= 0.3 is 5.97 Å². The molecule has 1 aliphatic rings. The van der Waals surface area contributed by atoms with Crippen LogP contribution in [-0.4, -0.2) is 23.0 Å². The molecule has 1 aromatic rings. The molecule has 1 aromatic heterocycles. The zero-order chi connectivity index (χ0) is 14.9. The van der Waals surface area contributed by atoms with Crippen LogP contribution < -0.4 is 5.32 Å². The molecule has 1 amide bonds. The number of rotatable bonds is 3. The summed E-state index contributed by atoms with van der Waals surface area (Å²) in [5, 5.41) is 11.9. The first-order valence-electron chi connectivity index (χ1n) is 6.94. The maximum atomic E-state index is 12.3. The first-order chi connectivity index (χ1) is 9.29. The molecule has 0 radical (unpaired) electrons. The van der Waals surface area contributed by atoms with E-state index in [4.69, 9.17) is 0 Å². The second-order valence-corrected chi connectivity index (χ2v) is 7.51. The summed E-state index contributed by atoms with van der Waals surface area (Å²) in [7, 11) is 0. The Labute approximate surface area is 123 Å². The van der Waals surface area contributed by atoms with Gasteiger partial charge in [0, 0.05) is 4.88 Å². The molecule has 2 rings (SSSR count).